The van der Waals surface area contributed by atoms with Crippen LogP contribution < -0.4 is 0 Å². The Labute approximate surface area is 651 Å². The number of phosphoric acid groups is 2. The van der Waals surface area contributed by atoms with E-state index in [1.165, 1.54) is 308 Å². The van der Waals surface area contributed by atoms with Crippen LogP contribution in [0.3, 0.4) is 0 Å². The number of unbranched alkanes of at least 4 members (excludes halogenated alkanes) is 62. The zero-order chi connectivity index (χ0) is 77.4. The van der Waals surface area contributed by atoms with Crippen molar-refractivity contribution in [3.05, 3.63) is 0 Å². The first kappa shape index (κ1) is 104. The minimum atomic E-state index is -4.97. The van der Waals surface area contributed by atoms with E-state index in [1.54, 1.807) is 0 Å². The van der Waals surface area contributed by atoms with Crippen LogP contribution in [0.15, 0.2) is 0 Å². The number of carbonyl (C=O) groups is 4. The van der Waals surface area contributed by atoms with Crippen molar-refractivity contribution in [1.29, 1.82) is 0 Å². The molecule has 0 aromatic carbocycles. The Kier molecular flexibility index (Phi) is 79.6. The number of hydrogen-bond acceptors (Lipinski definition) is 15. The summed E-state index contributed by atoms with van der Waals surface area (Å²) < 4.78 is 68.9. The molecule has 19 heteroatoms. The second-order valence-electron chi connectivity index (χ2n) is 31.3. The lowest BCUT2D eigenvalue weighted by atomic mass is 10.0. The molecule has 5 atom stereocenters. The Morgan fingerprint density at radius 2 is 0.377 bits per heavy atom. The van der Waals surface area contributed by atoms with Crippen LogP contribution in [0.5, 0.6) is 0 Å². The van der Waals surface area contributed by atoms with Crippen LogP contribution in [0.4, 0.5) is 0 Å². The van der Waals surface area contributed by atoms with E-state index in [0.717, 1.165) is 89.9 Å². The van der Waals surface area contributed by atoms with Gasteiger partial charge in [0, 0.05) is 25.7 Å². The Morgan fingerprint density at radius 1 is 0.226 bits per heavy atom. The van der Waals surface area contributed by atoms with Crippen LogP contribution in [0.25, 0.3) is 0 Å². The summed E-state index contributed by atoms with van der Waals surface area (Å²) in [6.07, 6.45) is 76.4. The zero-order valence-electron chi connectivity index (χ0n) is 69.4. The molecule has 0 amide bonds. The fourth-order valence-electron chi connectivity index (χ4n) is 13.7. The lowest BCUT2D eigenvalue weighted by molar-refractivity contribution is -0.161. The maximum atomic E-state index is 13.2. The highest BCUT2D eigenvalue weighted by atomic mass is 31.2. The predicted octanol–water partition coefficient (Wildman–Crippen LogP) is 26.9. The van der Waals surface area contributed by atoms with Crippen LogP contribution >= 0.6 is 15.6 Å². The number of ether oxygens (including phenoxy) is 4. The number of esters is 4. The second-order valence-corrected chi connectivity index (χ2v) is 34.2. The smallest absolute Gasteiger partial charge is 0.462 e. The molecular weight excluding hydrogens is 1380 g/mol. The van der Waals surface area contributed by atoms with Gasteiger partial charge in [-0.3, -0.25) is 37.3 Å². The summed E-state index contributed by atoms with van der Waals surface area (Å²) in [6.45, 7) is 5.07. The Morgan fingerprint density at radius 3 is 0.557 bits per heavy atom. The van der Waals surface area contributed by atoms with E-state index in [4.69, 9.17) is 37.0 Å². The molecule has 0 spiro atoms. The van der Waals surface area contributed by atoms with Crippen molar-refractivity contribution in [2.75, 3.05) is 39.6 Å². The van der Waals surface area contributed by atoms with Crippen LogP contribution in [0.2, 0.25) is 0 Å². The van der Waals surface area contributed by atoms with Crippen molar-refractivity contribution in [1.82, 2.24) is 0 Å². The van der Waals surface area contributed by atoms with Crippen molar-refractivity contribution in [2.24, 2.45) is 0 Å². The first-order chi connectivity index (χ1) is 51.7. The zero-order valence-corrected chi connectivity index (χ0v) is 71.2. The lowest BCUT2D eigenvalue weighted by Crippen LogP contribution is -2.30. The number of aliphatic hydroxyl groups excluding tert-OH is 1. The van der Waals surface area contributed by atoms with Crippen LogP contribution in [-0.2, 0) is 65.4 Å². The first-order valence-electron chi connectivity index (χ1n) is 45.3. The molecule has 3 N–H and O–H groups in total. The third kappa shape index (κ3) is 80.1. The number of hydrogen-bond donors (Lipinski definition) is 3. The second kappa shape index (κ2) is 81.1. The number of phosphoric ester groups is 2. The quantitative estimate of drug-likeness (QED) is 0.0222. The minimum Gasteiger partial charge on any atom is -0.462 e. The van der Waals surface area contributed by atoms with Crippen molar-refractivity contribution in [3.8, 4) is 0 Å². The van der Waals surface area contributed by atoms with Gasteiger partial charge in [0.15, 0.2) is 12.2 Å². The molecule has 0 aromatic rings. The molecule has 0 aliphatic rings. The molecule has 0 rings (SSSR count). The van der Waals surface area contributed by atoms with Gasteiger partial charge in [0.2, 0.25) is 0 Å². The topological polar surface area (TPSA) is 237 Å². The molecule has 106 heavy (non-hydrogen) atoms. The molecule has 0 saturated heterocycles. The van der Waals surface area contributed by atoms with Gasteiger partial charge < -0.3 is 33.8 Å². The molecule has 0 fully saturated rings. The third-order valence-corrected chi connectivity index (χ3v) is 22.5. The molecule has 17 nitrogen and oxygen atoms in total. The molecule has 2 unspecified atom stereocenters. The molecule has 0 aromatic heterocycles. The van der Waals surface area contributed by atoms with Crippen LogP contribution in [0, 0.1) is 0 Å². The summed E-state index contributed by atoms with van der Waals surface area (Å²) in [5, 5.41) is 10.7. The standard InChI is InChI=1S/C87H170O17P2/c1-5-9-13-17-21-25-29-33-36-38-40-41-42-43-45-47-50-54-58-62-66-70-74-87(92)104-83(78-98-85(90)72-68-64-60-56-52-49-46-44-39-37-34-30-26-22-18-14-10-6-2)80-102-106(95,96)100-76-81(88)75-99-105(93,94)101-79-82(77-97-84(89)71-67-63-59-55-51-32-28-24-20-16-12-8-4)103-86(91)73-69-65-61-57-53-48-35-31-27-23-19-15-11-7-3/h81-83,88H,5-80H2,1-4H3,(H,93,94)(H,95,96)/t81-,82+,83+/m0/s1. The Hall–Kier alpha value is -1.94. The van der Waals surface area contributed by atoms with Crippen molar-refractivity contribution in [3.63, 3.8) is 0 Å². The minimum absolute atomic E-state index is 0.109. The van der Waals surface area contributed by atoms with E-state index in [2.05, 4.69) is 27.7 Å². The van der Waals surface area contributed by atoms with Gasteiger partial charge >= 0.3 is 39.5 Å². The van der Waals surface area contributed by atoms with Crippen molar-refractivity contribution < 1.29 is 80.2 Å². The first-order valence-corrected chi connectivity index (χ1v) is 48.3. The lowest BCUT2D eigenvalue weighted by Gasteiger charge is -2.21. The predicted molar refractivity (Wildman–Crippen MR) is 437 cm³/mol. The fraction of sp³-hybridized carbons (Fsp3) is 0.954. The normalized spacial score (nSPS) is 13.7. The van der Waals surface area contributed by atoms with Crippen LogP contribution in [0.1, 0.15) is 477 Å². The van der Waals surface area contributed by atoms with Crippen molar-refractivity contribution in [2.45, 2.75) is 495 Å². The molecule has 0 aliphatic carbocycles. The fourth-order valence-corrected chi connectivity index (χ4v) is 15.3. The largest absolute Gasteiger partial charge is 0.472 e. The van der Waals surface area contributed by atoms with Gasteiger partial charge in [-0.1, -0.05) is 426 Å². The Bertz CT molecular complexity index is 2000. The molecule has 0 saturated carbocycles. The summed E-state index contributed by atoms with van der Waals surface area (Å²) >= 11 is 0. The average Bonchev–Trinajstić information content (AvgIpc) is 0.901. The molecule has 0 radical (unpaired) electrons. The SMILES string of the molecule is CCCCCCCCCCCCCCCCCCCCCCCCC(=O)O[C@H](COC(=O)CCCCCCCCCCCCCCCCCCCC)COP(=O)(O)OC[C@@H](O)COP(=O)(O)OC[C@@H](COC(=O)CCCCCCCCCCCCCC)OC(=O)CCCCCCCCCCCCCCCC. The van der Waals surface area contributed by atoms with Gasteiger partial charge in [0.1, 0.15) is 19.3 Å². The van der Waals surface area contributed by atoms with Gasteiger partial charge in [-0.15, -0.1) is 0 Å². The number of carbonyl (C=O) groups excluding carboxylic acids is 4. The molecular formula is C87H170O17P2. The highest BCUT2D eigenvalue weighted by Crippen LogP contribution is 2.45. The third-order valence-electron chi connectivity index (χ3n) is 20.6. The molecule has 0 aliphatic heterocycles. The highest BCUT2D eigenvalue weighted by molar-refractivity contribution is 7.47. The van der Waals surface area contributed by atoms with Crippen molar-refractivity contribution >= 4 is 39.5 Å². The van der Waals surface area contributed by atoms with E-state index in [-0.39, 0.29) is 25.7 Å². The summed E-state index contributed by atoms with van der Waals surface area (Å²) in [7, 11) is -9.93. The summed E-state index contributed by atoms with van der Waals surface area (Å²) in [4.78, 5) is 73.3. The van der Waals surface area contributed by atoms with E-state index in [0.29, 0.717) is 25.7 Å². The van der Waals surface area contributed by atoms with Gasteiger partial charge in [-0.05, 0) is 25.7 Å². The summed E-state index contributed by atoms with van der Waals surface area (Å²) in [6, 6.07) is 0. The van der Waals surface area contributed by atoms with Gasteiger partial charge in [-0.2, -0.15) is 0 Å². The van der Waals surface area contributed by atoms with Gasteiger partial charge in [-0.25, -0.2) is 9.13 Å². The van der Waals surface area contributed by atoms with Gasteiger partial charge in [0.25, 0.3) is 0 Å². The molecule has 0 bridgehead atoms. The number of rotatable bonds is 88. The molecule has 630 valence electrons. The average molecular weight is 1550 g/mol. The van der Waals surface area contributed by atoms with E-state index in [1.807, 2.05) is 0 Å². The molecule has 0 heterocycles. The maximum absolute atomic E-state index is 13.2. The van der Waals surface area contributed by atoms with E-state index in [9.17, 15) is 43.2 Å². The van der Waals surface area contributed by atoms with E-state index < -0.39 is 97.5 Å². The summed E-state index contributed by atoms with van der Waals surface area (Å²) in [5.74, 6) is -2.10. The highest BCUT2D eigenvalue weighted by Gasteiger charge is 2.30. The monoisotopic (exact) mass is 1550 g/mol. The Balaban J connectivity index is 5.23. The van der Waals surface area contributed by atoms with Gasteiger partial charge in [0.05, 0.1) is 26.4 Å². The van der Waals surface area contributed by atoms with E-state index >= 15 is 0 Å². The maximum Gasteiger partial charge on any atom is 0.472 e. The summed E-state index contributed by atoms with van der Waals surface area (Å²) in [5.41, 5.74) is 0. The number of aliphatic hydroxyl groups is 1. The van der Waals surface area contributed by atoms with Crippen LogP contribution in [-0.4, -0.2) is 96.7 Å².